The van der Waals surface area contributed by atoms with E-state index in [1.807, 2.05) is 11.6 Å². The van der Waals surface area contributed by atoms with Gasteiger partial charge >= 0.3 is 0 Å². The van der Waals surface area contributed by atoms with Gasteiger partial charge in [0, 0.05) is 37.8 Å². The number of ether oxygens (including phenoxy) is 1. The van der Waals surface area contributed by atoms with Crippen molar-refractivity contribution in [2.24, 2.45) is 11.3 Å². The highest BCUT2D eigenvalue weighted by atomic mass is 32.1. The highest BCUT2D eigenvalue weighted by molar-refractivity contribution is 7.09. The first-order valence-corrected chi connectivity index (χ1v) is 9.15. The van der Waals surface area contributed by atoms with Crippen molar-refractivity contribution >= 4 is 17.2 Å². The van der Waals surface area contributed by atoms with E-state index >= 15 is 0 Å². The molecule has 1 N–H and O–H groups in total. The number of nitrogens with one attached hydrogen (secondary N) is 1. The number of piperidine rings is 1. The molecule has 22 heavy (non-hydrogen) atoms. The first-order chi connectivity index (χ1) is 10.8. The summed E-state index contributed by atoms with van der Waals surface area (Å²) in [4.78, 5) is 19.6. The van der Waals surface area contributed by atoms with Gasteiger partial charge in [0.2, 0.25) is 5.91 Å². The largest absolute Gasteiger partial charge is 0.377 e. The fourth-order valence-electron chi connectivity index (χ4n) is 3.75. The Hall–Kier alpha value is -0.980. The highest BCUT2D eigenvalue weighted by Crippen LogP contribution is 2.41. The zero-order valence-electron chi connectivity index (χ0n) is 12.8. The molecule has 2 atom stereocenters. The van der Waals surface area contributed by atoms with Crippen LogP contribution in [-0.2, 0) is 16.1 Å². The molecule has 0 bridgehead atoms. The second-order valence-corrected chi connectivity index (χ2v) is 7.82. The number of likely N-dealkylation sites (tertiary alicyclic amines) is 1. The highest BCUT2D eigenvalue weighted by Gasteiger charge is 2.53. The lowest BCUT2D eigenvalue weighted by atomic mass is 9.75. The average Bonchev–Trinajstić information content (AvgIpc) is 3.03. The first-order valence-electron chi connectivity index (χ1n) is 8.27. The second kappa shape index (κ2) is 5.91. The molecule has 3 aliphatic rings. The summed E-state index contributed by atoms with van der Waals surface area (Å²) in [6.45, 7) is 4.20. The van der Waals surface area contributed by atoms with Gasteiger partial charge in [-0.1, -0.05) is 0 Å². The minimum absolute atomic E-state index is 0.0965. The number of carbonyl (C=O) groups excluding carboxylic acids is 1. The molecule has 1 aliphatic carbocycles. The summed E-state index contributed by atoms with van der Waals surface area (Å²) in [5.41, 5.74) is -0.343. The van der Waals surface area contributed by atoms with Crippen molar-refractivity contribution in [2.45, 2.75) is 38.3 Å². The van der Waals surface area contributed by atoms with Gasteiger partial charge in [0.05, 0.1) is 18.1 Å². The SMILES string of the molecule is O=C(NCC1CC1)[C@@]12CCO[C@@H]1CCN(Cc1nccs1)C2. The molecule has 1 saturated carbocycles. The minimum Gasteiger partial charge on any atom is -0.377 e. The number of nitrogens with zero attached hydrogens (tertiary/aromatic N) is 2. The Morgan fingerprint density at radius 1 is 1.50 bits per heavy atom. The lowest BCUT2D eigenvalue weighted by molar-refractivity contribution is -0.139. The summed E-state index contributed by atoms with van der Waals surface area (Å²) in [5.74, 6) is 0.932. The van der Waals surface area contributed by atoms with Crippen molar-refractivity contribution in [2.75, 3.05) is 26.2 Å². The first kappa shape index (κ1) is 14.6. The molecule has 4 rings (SSSR count). The summed E-state index contributed by atoms with van der Waals surface area (Å²) in [6.07, 6.45) is 6.28. The molecule has 120 valence electrons. The van der Waals surface area contributed by atoms with E-state index in [9.17, 15) is 4.79 Å². The van der Waals surface area contributed by atoms with E-state index in [-0.39, 0.29) is 17.4 Å². The van der Waals surface area contributed by atoms with Gasteiger partial charge in [0.15, 0.2) is 0 Å². The number of carbonyl (C=O) groups is 1. The molecular weight excluding hydrogens is 298 g/mol. The summed E-state index contributed by atoms with van der Waals surface area (Å²) in [6, 6.07) is 0. The van der Waals surface area contributed by atoms with Crippen LogP contribution in [0.1, 0.15) is 30.7 Å². The number of fused-ring (bicyclic) bond motifs is 1. The number of aromatic nitrogens is 1. The second-order valence-electron chi connectivity index (χ2n) is 6.84. The van der Waals surface area contributed by atoms with Crippen LogP contribution in [0.2, 0.25) is 0 Å². The van der Waals surface area contributed by atoms with Crippen molar-refractivity contribution in [3.05, 3.63) is 16.6 Å². The number of hydrogen-bond donors (Lipinski definition) is 1. The Labute approximate surface area is 135 Å². The summed E-state index contributed by atoms with van der Waals surface area (Å²) in [7, 11) is 0. The summed E-state index contributed by atoms with van der Waals surface area (Å²) in [5, 5.41) is 6.34. The number of rotatable bonds is 5. The van der Waals surface area contributed by atoms with Gasteiger partial charge in [-0.2, -0.15) is 0 Å². The third-order valence-corrected chi connectivity index (χ3v) is 6.00. The molecule has 1 aromatic heterocycles. The van der Waals surface area contributed by atoms with E-state index in [0.717, 1.165) is 49.9 Å². The number of amides is 1. The van der Waals surface area contributed by atoms with Crippen LogP contribution in [0.3, 0.4) is 0 Å². The van der Waals surface area contributed by atoms with Crippen molar-refractivity contribution in [1.29, 1.82) is 0 Å². The fourth-order valence-corrected chi connectivity index (χ4v) is 4.40. The van der Waals surface area contributed by atoms with Crippen LogP contribution in [0.5, 0.6) is 0 Å². The molecule has 2 aliphatic heterocycles. The van der Waals surface area contributed by atoms with Crippen molar-refractivity contribution in [3.63, 3.8) is 0 Å². The third-order valence-electron chi connectivity index (χ3n) is 5.24. The Morgan fingerprint density at radius 3 is 3.18 bits per heavy atom. The van der Waals surface area contributed by atoms with Crippen LogP contribution >= 0.6 is 11.3 Å². The molecule has 0 aromatic carbocycles. The maximum Gasteiger partial charge on any atom is 0.230 e. The van der Waals surface area contributed by atoms with E-state index < -0.39 is 0 Å². The van der Waals surface area contributed by atoms with Gasteiger partial charge in [-0.05, 0) is 31.6 Å². The standard InChI is InChI=1S/C16H23N3O2S/c20-15(18-9-12-1-2-12)16-4-7-21-13(16)3-6-19(11-16)10-14-17-5-8-22-14/h5,8,12-13H,1-4,6-7,9-11H2,(H,18,20)/t13-,16-/m1/s1. The van der Waals surface area contributed by atoms with E-state index in [1.165, 1.54) is 12.8 Å². The van der Waals surface area contributed by atoms with Gasteiger partial charge in [0.25, 0.3) is 0 Å². The molecule has 1 aromatic rings. The summed E-state index contributed by atoms with van der Waals surface area (Å²) < 4.78 is 5.89. The van der Waals surface area contributed by atoms with Crippen LogP contribution in [0, 0.1) is 11.3 Å². The molecule has 6 heteroatoms. The van der Waals surface area contributed by atoms with E-state index in [4.69, 9.17) is 4.74 Å². The van der Waals surface area contributed by atoms with Crippen molar-refractivity contribution < 1.29 is 9.53 Å². The monoisotopic (exact) mass is 321 g/mol. The van der Waals surface area contributed by atoms with Crippen LogP contribution in [0.4, 0.5) is 0 Å². The normalized spacial score (nSPS) is 31.9. The van der Waals surface area contributed by atoms with Crippen LogP contribution in [-0.4, -0.2) is 48.1 Å². The lowest BCUT2D eigenvalue weighted by Crippen LogP contribution is -2.57. The van der Waals surface area contributed by atoms with Crippen LogP contribution in [0.15, 0.2) is 11.6 Å². The predicted molar refractivity (Wildman–Crippen MR) is 84.5 cm³/mol. The van der Waals surface area contributed by atoms with E-state index in [1.54, 1.807) is 11.3 Å². The van der Waals surface area contributed by atoms with Crippen LogP contribution in [0.25, 0.3) is 0 Å². The Balaban J connectivity index is 1.45. The smallest absolute Gasteiger partial charge is 0.230 e. The van der Waals surface area contributed by atoms with E-state index in [2.05, 4.69) is 15.2 Å². The molecule has 1 amide bonds. The van der Waals surface area contributed by atoms with Gasteiger partial charge in [0.1, 0.15) is 5.01 Å². The van der Waals surface area contributed by atoms with Crippen LogP contribution < -0.4 is 5.32 Å². The molecule has 5 nitrogen and oxygen atoms in total. The Morgan fingerprint density at radius 2 is 2.41 bits per heavy atom. The molecule has 0 unspecified atom stereocenters. The average molecular weight is 321 g/mol. The van der Waals surface area contributed by atoms with E-state index in [0.29, 0.717) is 6.61 Å². The van der Waals surface area contributed by atoms with Crippen molar-refractivity contribution in [1.82, 2.24) is 15.2 Å². The Bertz CT molecular complexity index is 532. The fraction of sp³-hybridized carbons (Fsp3) is 0.750. The number of thiazole rings is 1. The van der Waals surface area contributed by atoms with Gasteiger partial charge in [-0.3, -0.25) is 9.69 Å². The molecular formula is C16H23N3O2S. The zero-order chi connectivity index (χ0) is 15.0. The molecule has 3 heterocycles. The topological polar surface area (TPSA) is 54.5 Å². The molecule has 2 saturated heterocycles. The zero-order valence-corrected chi connectivity index (χ0v) is 13.6. The Kier molecular flexibility index (Phi) is 3.92. The van der Waals surface area contributed by atoms with Gasteiger partial charge < -0.3 is 10.1 Å². The lowest BCUT2D eigenvalue weighted by Gasteiger charge is -2.42. The van der Waals surface area contributed by atoms with Crippen molar-refractivity contribution in [3.8, 4) is 0 Å². The van der Waals surface area contributed by atoms with Gasteiger partial charge in [-0.25, -0.2) is 4.98 Å². The minimum atomic E-state index is -0.343. The maximum absolute atomic E-state index is 12.9. The molecule has 0 spiro atoms. The molecule has 0 radical (unpaired) electrons. The molecule has 3 fully saturated rings. The van der Waals surface area contributed by atoms with Gasteiger partial charge in [-0.15, -0.1) is 11.3 Å². The predicted octanol–water partition coefficient (Wildman–Crippen LogP) is 1.65. The quantitative estimate of drug-likeness (QED) is 0.896. The summed E-state index contributed by atoms with van der Waals surface area (Å²) >= 11 is 1.69. The number of hydrogen-bond acceptors (Lipinski definition) is 5. The third kappa shape index (κ3) is 2.79. The maximum atomic E-state index is 12.9.